The summed E-state index contributed by atoms with van der Waals surface area (Å²) >= 11 is 0. The van der Waals surface area contributed by atoms with Crippen LogP contribution >= 0.6 is 0 Å². The van der Waals surface area contributed by atoms with E-state index in [1.54, 1.807) is 0 Å². The van der Waals surface area contributed by atoms with Crippen molar-refractivity contribution < 1.29 is 23.0 Å². The van der Waals surface area contributed by atoms with Crippen LogP contribution in [0.1, 0.15) is 26.7 Å². The van der Waals surface area contributed by atoms with E-state index in [0.717, 1.165) is 6.54 Å². The first kappa shape index (κ1) is 16.7. The van der Waals surface area contributed by atoms with E-state index < -0.39 is 12.8 Å². The van der Waals surface area contributed by atoms with Crippen LogP contribution in [-0.4, -0.2) is 55.1 Å². The summed E-state index contributed by atoms with van der Waals surface area (Å²) in [6.07, 6.45) is -2.99. The number of hydrogen-bond acceptors (Lipinski definition) is 3. The second kappa shape index (κ2) is 8.72. The molecule has 17 heavy (non-hydrogen) atoms. The van der Waals surface area contributed by atoms with Gasteiger partial charge < -0.3 is 14.7 Å². The summed E-state index contributed by atoms with van der Waals surface area (Å²) < 4.78 is 39.9. The normalized spacial score (nSPS) is 12.7. The summed E-state index contributed by atoms with van der Waals surface area (Å²) in [5, 5.41) is 8.72. The summed E-state index contributed by atoms with van der Waals surface area (Å²) in [4.78, 5) is 2.12. The smallest absolute Gasteiger partial charge is 0.396 e. The molecule has 0 amide bonds. The topological polar surface area (TPSA) is 32.7 Å². The van der Waals surface area contributed by atoms with Crippen molar-refractivity contribution in [1.29, 1.82) is 0 Å². The van der Waals surface area contributed by atoms with Gasteiger partial charge in [0.25, 0.3) is 0 Å². The molecule has 0 aliphatic rings. The molecule has 0 atom stereocenters. The maximum atomic E-state index is 11.8. The van der Waals surface area contributed by atoms with Gasteiger partial charge in [0.15, 0.2) is 0 Å². The molecule has 6 heteroatoms. The molecule has 0 aliphatic heterocycles. The minimum absolute atomic E-state index is 0.113. The third-order valence-electron chi connectivity index (χ3n) is 2.33. The number of aliphatic hydroxyl groups excluding tert-OH is 1. The molecule has 0 saturated heterocycles. The lowest BCUT2D eigenvalue weighted by molar-refractivity contribution is -0.174. The van der Waals surface area contributed by atoms with Crippen LogP contribution in [0.4, 0.5) is 13.2 Å². The summed E-state index contributed by atoms with van der Waals surface area (Å²) in [7, 11) is 0. The van der Waals surface area contributed by atoms with Crippen molar-refractivity contribution in [2.24, 2.45) is 0 Å². The SMILES string of the molecule is CC(C)N(CCCO)CCCOCC(F)(F)F. The average Bonchev–Trinajstić information content (AvgIpc) is 2.20. The Bertz CT molecular complexity index is 186. The Morgan fingerprint density at radius 1 is 1.18 bits per heavy atom. The van der Waals surface area contributed by atoms with Gasteiger partial charge in [-0.05, 0) is 26.7 Å². The van der Waals surface area contributed by atoms with Gasteiger partial charge in [0.2, 0.25) is 0 Å². The molecular formula is C11H22F3NO2. The molecule has 0 aromatic heterocycles. The van der Waals surface area contributed by atoms with Gasteiger partial charge >= 0.3 is 6.18 Å². The summed E-state index contributed by atoms with van der Waals surface area (Å²) in [5.74, 6) is 0. The maximum Gasteiger partial charge on any atom is 0.411 e. The van der Waals surface area contributed by atoms with Gasteiger partial charge in [0.05, 0.1) is 0 Å². The van der Waals surface area contributed by atoms with Gasteiger partial charge in [-0.1, -0.05) is 0 Å². The number of hydrogen-bond donors (Lipinski definition) is 1. The second-order valence-corrected chi connectivity index (χ2v) is 4.23. The fourth-order valence-electron chi connectivity index (χ4n) is 1.46. The molecule has 0 aromatic carbocycles. The van der Waals surface area contributed by atoms with Crippen molar-refractivity contribution in [2.75, 3.05) is 32.9 Å². The highest BCUT2D eigenvalue weighted by Gasteiger charge is 2.27. The highest BCUT2D eigenvalue weighted by molar-refractivity contribution is 4.62. The molecule has 0 rings (SSSR count). The molecular weight excluding hydrogens is 235 g/mol. The fourth-order valence-corrected chi connectivity index (χ4v) is 1.46. The van der Waals surface area contributed by atoms with E-state index in [0.29, 0.717) is 25.4 Å². The van der Waals surface area contributed by atoms with Crippen molar-refractivity contribution in [2.45, 2.75) is 38.9 Å². The Hall–Kier alpha value is -0.330. The number of alkyl halides is 3. The molecule has 0 unspecified atom stereocenters. The first-order valence-electron chi connectivity index (χ1n) is 5.86. The molecule has 0 aliphatic carbocycles. The lowest BCUT2D eigenvalue weighted by Gasteiger charge is -2.26. The third kappa shape index (κ3) is 10.5. The zero-order valence-electron chi connectivity index (χ0n) is 10.5. The standard InChI is InChI=1S/C11H22F3NO2/c1-10(2)15(5-3-7-16)6-4-8-17-9-11(12,13)14/h10,16H,3-9H2,1-2H3. The van der Waals surface area contributed by atoms with Crippen LogP contribution in [0.2, 0.25) is 0 Å². The quantitative estimate of drug-likeness (QED) is 0.642. The molecule has 0 spiro atoms. The van der Waals surface area contributed by atoms with E-state index in [-0.39, 0.29) is 13.2 Å². The van der Waals surface area contributed by atoms with E-state index in [2.05, 4.69) is 9.64 Å². The molecule has 0 heterocycles. The number of rotatable bonds is 9. The van der Waals surface area contributed by atoms with Crippen LogP contribution in [0, 0.1) is 0 Å². The molecule has 104 valence electrons. The van der Waals surface area contributed by atoms with E-state index in [4.69, 9.17) is 5.11 Å². The predicted molar refractivity (Wildman–Crippen MR) is 59.9 cm³/mol. The minimum atomic E-state index is -4.24. The molecule has 0 aromatic rings. The molecule has 0 saturated carbocycles. The van der Waals surface area contributed by atoms with Crippen LogP contribution in [0.15, 0.2) is 0 Å². The summed E-state index contributed by atoms with van der Waals surface area (Å²) in [6, 6.07) is 0.323. The van der Waals surface area contributed by atoms with E-state index in [9.17, 15) is 13.2 Å². The molecule has 1 N–H and O–H groups in total. The molecule has 0 bridgehead atoms. The van der Waals surface area contributed by atoms with Crippen molar-refractivity contribution >= 4 is 0 Å². The predicted octanol–water partition coefficient (Wildman–Crippen LogP) is 2.05. The zero-order valence-corrected chi connectivity index (χ0v) is 10.5. The van der Waals surface area contributed by atoms with Gasteiger partial charge in [-0.15, -0.1) is 0 Å². The maximum absolute atomic E-state index is 11.8. The fraction of sp³-hybridized carbons (Fsp3) is 1.00. The van der Waals surface area contributed by atoms with Crippen LogP contribution in [0.5, 0.6) is 0 Å². The van der Waals surface area contributed by atoms with Gasteiger partial charge in [0.1, 0.15) is 6.61 Å². The second-order valence-electron chi connectivity index (χ2n) is 4.23. The average molecular weight is 257 g/mol. The van der Waals surface area contributed by atoms with Crippen LogP contribution in [-0.2, 0) is 4.74 Å². The number of ether oxygens (including phenoxy) is 1. The Morgan fingerprint density at radius 3 is 2.24 bits per heavy atom. The molecule has 0 fully saturated rings. The largest absolute Gasteiger partial charge is 0.411 e. The van der Waals surface area contributed by atoms with E-state index in [1.165, 1.54) is 0 Å². The van der Waals surface area contributed by atoms with Crippen LogP contribution in [0.3, 0.4) is 0 Å². The number of nitrogens with zero attached hydrogens (tertiary/aromatic N) is 1. The Kier molecular flexibility index (Phi) is 8.55. The first-order chi connectivity index (χ1) is 7.87. The van der Waals surface area contributed by atoms with Crippen molar-refractivity contribution in [3.05, 3.63) is 0 Å². The lowest BCUT2D eigenvalue weighted by atomic mass is 10.2. The van der Waals surface area contributed by atoms with Gasteiger partial charge in [0, 0.05) is 32.3 Å². The third-order valence-corrected chi connectivity index (χ3v) is 2.33. The lowest BCUT2D eigenvalue weighted by Crippen LogP contribution is -2.33. The van der Waals surface area contributed by atoms with Crippen LogP contribution in [0.25, 0.3) is 0 Å². The Morgan fingerprint density at radius 2 is 1.76 bits per heavy atom. The number of halogens is 3. The zero-order chi connectivity index (χ0) is 13.3. The first-order valence-corrected chi connectivity index (χ1v) is 5.86. The Labute approximate surface area is 101 Å². The molecule has 3 nitrogen and oxygen atoms in total. The van der Waals surface area contributed by atoms with E-state index in [1.807, 2.05) is 13.8 Å². The van der Waals surface area contributed by atoms with Crippen LogP contribution < -0.4 is 0 Å². The van der Waals surface area contributed by atoms with Gasteiger partial charge in [-0.25, -0.2) is 0 Å². The van der Waals surface area contributed by atoms with E-state index >= 15 is 0 Å². The van der Waals surface area contributed by atoms with Crippen molar-refractivity contribution in [3.63, 3.8) is 0 Å². The Balaban J connectivity index is 3.61. The van der Waals surface area contributed by atoms with Crippen molar-refractivity contribution in [1.82, 2.24) is 4.90 Å². The monoisotopic (exact) mass is 257 g/mol. The van der Waals surface area contributed by atoms with Gasteiger partial charge in [-0.3, -0.25) is 0 Å². The minimum Gasteiger partial charge on any atom is -0.396 e. The summed E-state index contributed by atoms with van der Waals surface area (Å²) in [5.41, 5.74) is 0. The highest BCUT2D eigenvalue weighted by atomic mass is 19.4. The molecule has 0 radical (unpaired) electrons. The summed E-state index contributed by atoms with van der Waals surface area (Å²) in [6.45, 7) is 4.56. The van der Waals surface area contributed by atoms with Crippen molar-refractivity contribution in [3.8, 4) is 0 Å². The number of aliphatic hydroxyl groups is 1. The van der Waals surface area contributed by atoms with Gasteiger partial charge in [-0.2, -0.15) is 13.2 Å². The highest BCUT2D eigenvalue weighted by Crippen LogP contribution is 2.14.